The highest BCUT2D eigenvalue weighted by Crippen LogP contribution is 2.32. The van der Waals surface area contributed by atoms with E-state index in [9.17, 15) is 4.79 Å². The van der Waals surface area contributed by atoms with Gasteiger partial charge in [0.05, 0.1) is 26.3 Å². The number of aromatic nitrogens is 1. The molecule has 0 spiro atoms. The largest absolute Gasteiger partial charge is 0.497 e. The van der Waals surface area contributed by atoms with Crippen molar-refractivity contribution < 1.29 is 14.3 Å². The maximum Gasteiger partial charge on any atom is 0.259 e. The van der Waals surface area contributed by atoms with Crippen LogP contribution < -0.4 is 14.4 Å². The molecule has 0 N–H and O–H groups in total. The number of pyridine rings is 1. The summed E-state index contributed by atoms with van der Waals surface area (Å²) < 4.78 is 10.4. The predicted molar refractivity (Wildman–Crippen MR) is 91.8 cm³/mol. The standard InChI is InChI=1S/C19H16N2O3/c1-23-15-6-3-13-11-21(19(22)16(13)10-15)14-5-7-17-12(9-14)4-8-18(20-17)24-2/h3-10H,11H2,1-2H3. The summed E-state index contributed by atoms with van der Waals surface area (Å²) in [5, 5.41) is 0.967. The lowest BCUT2D eigenvalue weighted by Crippen LogP contribution is -2.22. The summed E-state index contributed by atoms with van der Waals surface area (Å²) in [6.07, 6.45) is 0. The number of benzene rings is 2. The normalized spacial score (nSPS) is 13.2. The number of nitrogens with zero attached hydrogens (tertiary/aromatic N) is 2. The maximum atomic E-state index is 12.7. The van der Waals surface area contributed by atoms with Crippen molar-refractivity contribution in [2.45, 2.75) is 6.54 Å². The molecule has 0 radical (unpaired) electrons. The summed E-state index contributed by atoms with van der Waals surface area (Å²) in [6.45, 7) is 0.563. The van der Waals surface area contributed by atoms with E-state index in [0.717, 1.165) is 22.2 Å². The first-order valence-corrected chi connectivity index (χ1v) is 7.63. The summed E-state index contributed by atoms with van der Waals surface area (Å²) in [6, 6.07) is 15.2. The SMILES string of the molecule is COc1ccc2c(c1)C(=O)N(c1ccc3nc(OC)ccc3c1)C2. The number of amides is 1. The van der Waals surface area contributed by atoms with E-state index < -0.39 is 0 Å². The molecule has 1 amide bonds. The lowest BCUT2D eigenvalue weighted by molar-refractivity contribution is 0.0996. The van der Waals surface area contributed by atoms with Crippen molar-refractivity contribution >= 4 is 22.5 Å². The Morgan fingerprint density at radius 3 is 2.67 bits per heavy atom. The maximum absolute atomic E-state index is 12.7. The van der Waals surface area contributed by atoms with Crippen molar-refractivity contribution in [3.63, 3.8) is 0 Å². The monoisotopic (exact) mass is 320 g/mol. The Morgan fingerprint density at radius 2 is 1.88 bits per heavy atom. The van der Waals surface area contributed by atoms with Gasteiger partial charge in [-0.1, -0.05) is 6.07 Å². The lowest BCUT2D eigenvalue weighted by Gasteiger charge is -2.16. The van der Waals surface area contributed by atoms with Crippen LogP contribution in [0, 0.1) is 0 Å². The molecule has 120 valence electrons. The molecule has 3 aromatic rings. The third kappa shape index (κ3) is 2.25. The molecule has 0 bridgehead atoms. The molecule has 1 aliphatic heterocycles. The fourth-order valence-corrected chi connectivity index (χ4v) is 2.99. The van der Waals surface area contributed by atoms with E-state index >= 15 is 0 Å². The van der Waals surface area contributed by atoms with Crippen LogP contribution >= 0.6 is 0 Å². The zero-order valence-electron chi connectivity index (χ0n) is 13.4. The van der Waals surface area contributed by atoms with E-state index in [1.165, 1.54) is 0 Å². The average molecular weight is 320 g/mol. The van der Waals surface area contributed by atoms with Gasteiger partial charge in [0.2, 0.25) is 5.88 Å². The molecule has 5 heteroatoms. The number of carbonyl (C=O) groups excluding carboxylic acids is 1. The Morgan fingerprint density at radius 1 is 1.00 bits per heavy atom. The van der Waals surface area contributed by atoms with Gasteiger partial charge in [0.25, 0.3) is 5.91 Å². The van der Waals surface area contributed by atoms with Crippen LogP contribution in [0.25, 0.3) is 10.9 Å². The third-order valence-corrected chi connectivity index (χ3v) is 4.29. The van der Waals surface area contributed by atoms with Gasteiger partial charge >= 0.3 is 0 Å². The number of anilines is 1. The minimum Gasteiger partial charge on any atom is -0.497 e. The molecule has 1 aliphatic rings. The van der Waals surface area contributed by atoms with E-state index in [1.807, 2.05) is 42.5 Å². The van der Waals surface area contributed by atoms with E-state index in [1.54, 1.807) is 25.2 Å². The molecule has 4 rings (SSSR count). The van der Waals surface area contributed by atoms with Crippen LogP contribution in [0.15, 0.2) is 48.5 Å². The highest BCUT2D eigenvalue weighted by atomic mass is 16.5. The number of rotatable bonds is 3. The zero-order valence-corrected chi connectivity index (χ0v) is 13.4. The molecule has 0 unspecified atom stereocenters. The Labute approximate surface area is 139 Å². The Balaban J connectivity index is 1.72. The van der Waals surface area contributed by atoms with Gasteiger partial charge in [0, 0.05) is 22.7 Å². The van der Waals surface area contributed by atoms with Gasteiger partial charge in [0.15, 0.2) is 0 Å². The Hall–Kier alpha value is -3.08. The number of carbonyl (C=O) groups is 1. The first-order chi connectivity index (χ1) is 11.7. The van der Waals surface area contributed by atoms with Gasteiger partial charge in [0.1, 0.15) is 5.75 Å². The second-order valence-electron chi connectivity index (χ2n) is 5.64. The van der Waals surface area contributed by atoms with Gasteiger partial charge in [-0.2, -0.15) is 0 Å². The van der Waals surface area contributed by atoms with Crippen LogP contribution in [0.4, 0.5) is 5.69 Å². The number of hydrogen-bond donors (Lipinski definition) is 0. The molecule has 2 heterocycles. The summed E-state index contributed by atoms with van der Waals surface area (Å²) in [5.74, 6) is 1.26. The van der Waals surface area contributed by atoms with Crippen molar-refractivity contribution in [2.75, 3.05) is 19.1 Å². The Bertz CT molecular complexity index is 952. The molecule has 24 heavy (non-hydrogen) atoms. The third-order valence-electron chi connectivity index (χ3n) is 4.29. The van der Waals surface area contributed by atoms with E-state index in [4.69, 9.17) is 9.47 Å². The summed E-state index contributed by atoms with van der Waals surface area (Å²) in [5.41, 5.74) is 3.40. The van der Waals surface area contributed by atoms with E-state index in [-0.39, 0.29) is 5.91 Å². The molecule has 5 nitrogen and oxygen atoms in total. The van der Waals surface area contributed by atoms with Crippen LogP contribution in [-0.2, 0) is 6.54 Å². The van der Waals surface area contributed by atoms with Crippen molar-refractivity contribution in [1.82, 2.24) is 4.98 Å². The van der Waals surface area contributed by atoms with Gasteiger partial charge < -0.3 is 14.4 Å². The zero-order chi connectivity index (χ0) is 16.7. The van der Waals surface area contributed by atoms with E-state index in [0.29, 0.717) is 23.7 Å². The molecule has 0 saturated heterocycles. The van der Waals surface area contributed by atoms with Crippen LogP contribution in [-0.4, -0.2) is 25.1 Å². The summed E-state index contributed by atoms with van der Waals surface area (Å²) >= 11 is 0. The fraction of sp³-hybridized carbons (Fsp3) is 0.158. The quantitative estimate of drug-likeness (QED) is 0.742. The van der Waals surface area contributed by atoms with Crippen molar-refractivity contribution in [3.05, 3.63) is 59.7 Å². The van der Waals surface area contributed by atoms with Crippen LogP contribution in [0.1, 0.15) is 15.9 Å². The van der Waals surface area contributed by atoms with Crippen LogP contribution in [0.5, 0.6) is 11.6 Å². The molecule has 1 aromatic heterocycles. The molecule has 0 fully saturated rings. The highest BCUT2D eigenvalue weighted by molar-refractivity contribution is 6.10. The highest BCUT2D eigenvalue weighted by Gasteiger charge is 2.29. The van der Waals surface area contributed by atoms with Gasteiger partial charge in [-0.25, -0.2) is 4.98 Å². The molecule has 0 aliphatic carbocycles. The molecule has 2 aromatic carbocycles. The first kappa shape index (κ1) is 14.5. The van der Waals surface area contributed by atoms with Crippen molar-refractivity contribution in [3.8, 4) is 11.6 Å². The summed E-state index contributed by atoms with van der Waals surface area (Å²) in [4.78, 5) is 18.9. The first-order valence-electron chi connectivity index (χ1n) is 7.63. The predicted octanol–water partition coefficient (Wildman–Crippen LogP) is 3.41. The average Bonchev–Trinajstić information content (AvgIpc) is 2.97. The number of ether oxygens (including phenoxy) is 2. The van der Waals surface area contributed by atoms with Crippen molar-refractivity contribution in [2.24, 2.45) is 0 Å². The van der Waals surface area contributed by atoms with Gasteiger partial charge in [-0.3, -0.25) is 4.79 Å². The lowest BCUT2D eigenvalue weighted by atomic mass is 10.1. The van der Waals surface area contributed by atoms with Crippen LogP contribution in [0.3, 0.4) is 0 Å². The fourth-order valence-electron chi connectivity index (χ4n) is 2.99. The van der Waals surface area contributed by atoms with Crippen LogP contribution in [0.2, 0.25) is 0 Å². The van der Waals surface area contributed by atoms with Gasteiger partial charge in [-0.15, -0.1) is 0 Å². The topological polar surface area (TPSA) is 51.7 Å². The number of hydrogen-bond acceptors (Lipinski definition) is 4. The smallest absolute Gasteiger partial charge is 0.259 e. The second kappa shape index (κ2) is 5.53. The minimum atomic E-state index is -0.00952. The molecule has 0 saturated carbocycles. The minimum absolute atomic E-state index is 0.00952. The number of fused-ring (bicyclic) bond motifs is 2. The molecular formula is C19H16N2O3. The second-order valence-corrected chi connectivity index (χ2v) is 5.64. The van der Waals surface area contributed by atoms with E-state index in [2.05, 4.69) is 4.98 Å². The number of methoxy groups -OCH3 is 2. The van der Waals surface area contributed by atoms with Gasteiger partial charge in [-0.05, 0) is 42.0 Å². The molecular weight excluding hydrogens is 304 g/mol. The summed E-state index contributed by atoms with van der Waals surface area (Å²) in [7, 11) is 3.19. The molecule has 0 atom stereocenters. The van der Waals surface area contributed by atoms with Crippen molar-refractivity contribution in [1.29, 1.82) is 0 Å². The Kier molecular flexibility index (Phi) is 3.34.